The summed E-state index contributed by atoms with van der Waals surface area (Å²) in [7, 11) is -3.91. The number of furan rings is 1. The standard InChI is InChI=1S/C9H11BrN2O5S/c10-8-7(18(11,14)15)5-6(17-8)9(13)12-1-3-16-4-2-12/h5H,1-4H2,(H2,11,14,15). The highest BCUT2D eigenvalue weighted by atomic mass is 79.9. The number of morpholine rings is 1. The third-order valence-corrected chi connectivity index (χ3v) is 4.24. The predicted molar refractivity (Wildman–Crippen MR) is 64.5 cm³/mol. The Kier molecular flexibility index (Phi) is 3.76. The van der Waals surface area contributed by atoms with Gasteiger partial charge in [0, 0.05) is 19.2 Å². The first-order valence-electron chi connectivity index (χ1n) is 5.09. The minimum Gasteiger partial charge on any atom is -0.443 e. The molecule has 0 spiro atoms. The molecule has 0 radical (unpaired) electrons. The van der Waals surface area contributed by atoms with Crippen LogP contribution in [0.1, 0.15) is 10.6 Å². The van der Waals surface area contributed by atoms with Crippen LogP contribution in [0.25, 0.3) is 0 Å². The molecule has 7 nitrogen and oxygen atoms in total. The zero-order chi connectivity index (χ0) is 13.3. The maximum absolute atomic E-state index is 12.0. The summed E-state index contributed by atoms with van der Waals surface area (Å²) in [4.78, 5) is 13.3. The van der Waals surface area contributed by atoms with Crippen LogP contribution >= 0.6 is 15.9 Å². The minimum absolute atomic E-state index is 0.0622. The summed E-state index contributed by atoms with van der Waals surface area (Å²) in [6, 6.07) is 1.12. The number of carbonyl (C=O) groups is 1. The molecule has 18 heavy (non-hydrogen) atoms. The molecule has 2 heterocycles. The van der Waals surface area contributed by atoms with Crippen molar-refractivity contribution in [1.82, 2.24) is 4.90 Å². The molecule has 9 heteroatoms. The Bertz CT molecular complexity index is 562. The molecule has 1 fully saturated rings. The van der Waals surface area contributed by atoms with Crippen LogP contribution in [0.15, 0.2) is 20.0 Å². The van der Waals surface area contributed by atoms with Crippen molar-refractivity contribution >= 4 is 31.9 Å². The van der Waals surface area contributed by atoms with E-state index in [1.807, 2.05) is 0 Å². The zero-order valence-corrected chi connectivity index (χ0v) is 11.7. The average molecular weight is 339 g/mol. The monoisotopic (exact) mass is 338 g/mol. The maximum Gasteiger partial charge on any atom is 0.289 e. The Morgan fingerprint density at radius 3 is 2.50 bits per heavy atom. The highest BCUT2D eigenvalue weighted by molar-refractivity contribution is 9.10. The van der Waals surface area contributed by atoms with Gasteiger partial charge < -0.3 is 14.1 Å². The molecule has 0 aromatic carbocycles. The fraction of sp³-hybridized carbons (Fsp3) is 0.444. The molecule has 1 saturated heterocycles. The second-order valence-corrected chi connectivity index (χ2v) is 5.95. The van der Waals surface area contributed by atoms with Gasteiger partial charge in [0.2, 0.25) is 10.0 Å². The third kappa shape index (κ3) is 2.74. The molecule has 2 rings (SSSR count). The van der Waals surface area contributed by atoms with E-state index in [0.29, 0.717) is 26.3 Å². The summed E-state index contributed by atoms with van der Waals surface area (Å²) < 4.78 is 32.6. The lowest BCUT2D eigenvalue weighted by Gasteiger charge is -2.25. The van der Waals surface area contributed by atoms with Crippen LogP contribution < -0.4 is 5.14 Å². The molecule has 0 bridgehead atoms. The summed E-state index contributed by atoms with van der Waals surface area (Å²) in [5, 5.41) is 4.99. The van der Waals surface area contributed by atoms with Crippen LogP contribution in [0, 0.1) is 0 Å². The topological polar surface area (TPSA) is 103 Å². The van der Waals surface area contributed by atoms with Crippen molar-refractivity contribution in [2.75, 3.05) is 26.3 Å². The number of ether oxygens (including phenoxy) is 1. The van der Waals surface area contributed by atoms with Crippen molar-refractivity contribution in [3.05, 3.63) is 16.5 Å². The van der Waals surface area contributed by atoms with Crippen molar-refractivity contribution in [1.29, 1.82) is 0 Å². The van der Waals surface area contributed by atoms with E-state index in [1.165, 1.54) is 4.90 Å². The van der Waals surface area contributed by atoms with Crippen molar-refractivity contribution in [2.45, 2.75) is 4.90 Å². The SMILES string of the molecule is NS(=O)(=O)c1cc(C(=O)N2CCOCC2)oc1Br. The van der Waals surface area contributed by atoms with Gasteiger partial charge in [0.15, 0.2) is 10.4 Å². The van der Waals surface area contributed by atoms with Crippen molar-refractivity contribution < 1.29 is 22.4 Å². The maximum atomic E-state index is 12.0. The first kappa shape index (κ1) is 13.5. The number of nitrogens with zero attached hydrogens (tertiary/aromatic N) is 1. The number of carbonyl (C=O) groups excluding carboxylic acids is 1. The average Bonchev–Trinajstić information content (AvgIpc) is 2.71. The highest BCUT2D eigenvalue weighted by Gasteiger charge is 2.26. The number of hydrogen-bond donors (Lipinski definition) is 1. The van der Waals surface area contributed by atoms with E-state index in [4.69, 9.17) is 14.3 Å². The number of primary sulfonamides is 1. The number of rotatable bonds is 2. The summed E-state index contributed by atoms with van der Waals surface area (Å²) in [6.45, 7) is 1.80. The normalized spacial score (nSPS) is 16.9. The second-order valence-electron chi connectivity index (χ2n) is 3.70. The van der Waals surface area contributed by atoms with Crippen LogP contribution in [0.5, 0.6) is 0 Å². The molecule has 1 aromatic heterocycles. The summed E-state index contributed by atoms with van der Waals surface area (Å²) in [5.74, 6) is -0.443. The van der Waals surface area contributed by atoms with Crippen LogP contribution in [0.4, 0.5) is 0 Å². The van der Waals surface area contributed by atoms with E-state index in [2.05, 4.69) is 15.9 Å². The highest BCUT2D eigenvalue weighted by Crippen LogP contribution is 2.26. The number of sulfonamides is 1. The van der Waals surface area contributed by atoms with E-state index >= 15 is 0 Å². The van der Waals surface area contributed by atoms with Crippen molar-refractivity contribution in [2.24, 2.45) is 5.14 Å². The Balaban J connectivity index is 2.26. The van der Waals surface area contributed by atoms with Crippen LogP contribution in [0.2, 0.25) is 0 Å². The molecule has 0 unspecified atom stereocenters. The third-order valence-electron chi connectivity index (χ3n) is 2.47. The summed E-state index contributed by atoms with van der Waals surface area (Å²) in [5.41, 5.74) is 0. The number of halogens is 1. The van der Waals surface area contributed by atoms with E-state index in [0.717, 1.165) is 6.07 Å². The largest absolute Gasteiger partial charge is 0.443 e. The molecule has 1 aliphatic heterocycles. The predicted octanol–water partition coefficient (Wildman–Crippen LogP) is 0.162. The molecule has 0 aliphatic carbocycles. The molecule has 1 amide bonds. The Morgan fingerprint density at radius 1 is 1.39 bits per heavy atom. The van der Waals surface area contributed by atoms with Gasteiger partial charge in [-0.2, -0.15) is 0 Å². The zero-order valence-electron chi connectivity index (χ0n) is 9.26. The number of amides is 1. The lowest BCUT2D eigenvalue weighted by molar-refractivity contribution is 0.0282. The van der Waals surface area contributed by atoms with Gasteiger partial charge in [-0.25, -0.2) is 13.6 Å². The van der Waals surface area contributed by atoms with E-state index < -0.39 is 10.0 Å². The fourth-order valence-electron chi connectivity index (χ4n) is 1.57. The number of nitrogens with two attached hydrogens (primary N) is 1. The van der Waals surface area contributed by atoms with Crippen molar-refractivity contribution in [3.8, 4) is 0 Å². The Labute approximate surface area is 112 Å². The smallest absolute Gasteiger partial charge is 0.289 e. The van der Waals surface area contributed by atoms with E-state index in [-0.39, 0.29) is 21.2 Å². The van der Waals surface area contributed by atoms with Crippen LogP contribution in [-0.2, 0) is 14.8 Å². The molecule has 2 N–H and O–H groups in total. The molecule has 1 aliphatic rings. The number of hydrogen-bond acceptors (Lipinski definition) is 5. The minimum atomic E-state index is -3.91. The van der Waals surface area contributed by atoms with Gasteiger partial charge >= 0.3 is 0 Å². The molecular weight excluding hydrogens is 328 g/mol. The van der Waals surface area contributed by atoms with Gasteiger partial charge in [0.05, 0.1) is 13.2 Å². The summed E-state index contributed by atoms with van der Waals surface area (Å²) in [6.07, 6.45) is 0. The Hall–Kier alpha value is -0.900. The molecule has 100 valence electrons. The van der Waals surface area contributed by atoms with Gasteiger partial charge in [-0.05, 0) is 15.9 Å². The molecular formula is C9H11BrN2O5S. The van der Waals surface area contributed by atoms with Gasteiger partial charge in [-0.1, -0.05) is 0 Å². The fourth-order valence-corrected chi connectivity index (χ4v) is 3.08. The van der Waals surface area contributed by atoms with Crippen LogP contribution in [0.3, 0.4) is 0 Å². The van der Waals surface area contributed by atoms with Gasteiger partial charge in [-0.15, -0.1) is 0 Å². The first-order valence-corrected chi connectivity index (χ1v) is 7.42. The lowest BCUT2D eigenvalue weighted by atomic mass is 10.3. The van der Waals surface area contributed by atoms with Gasteiger partial charge in [0.1, 0.15) is 4.90 Å². The summed E-state index contributed by atoms with van der Waals surface area (Å²) >= 11 is 2.92. The van der Waals surface area contributed by atoms with E-state index in [1.54, 1.807) is 0 Å². The molecule has 0 saturated carbocycles. The van der Waals surface area contributed by atoms with Gasteiger partial charge in [-0.3, -0.25) is 4.79 Å². The first-order chi connectivity index (χ1) is 8.39. The van der Waals surface area contributed by atoms with Crippen molar-refractivity contribution in [3.63, 3.8) is 0 Å². The molecule has 0 atom stereocenters. The quantitative estimate of drug-likeness (QED) is 0.827. The second kappa shape index (κ2) is 5.00. The Morgan fingerprint density at radius 2 is 2.00 bits per heavy atom. The van der Waals surface area contributed by atoms with Gasteiger partial charge in [0.25, 0.3) is 5.91 Å². The molecule has 1 aromatic rings. The lowest BCUT2D eigenvalue weighted by Crippen LogP contribution is -2.40. The van der Waals surface area contributed by atoms with E-state index in [9.17, 15) is 13.2 Å². The van der Waals surface area contributed by atoms with Crippen LogP contribution in [-0.4, -0.2) is 45.5 Å².